The molecule has 1 radical (unpaired) electrons. The second-order valence-corrected chi connectivity index (χ2v) is 2.86. The normalized spacial score (nSPS) is 8.08. The van der Waals surface area contributed by atoms with Crippen molar-refractivity contribution in [2.75, 3.05) is 0 Å². The van der Waals surface area contributed by atoms with Crippen molar-refractivity contribution in [3.8, 4) is 0 Å². The number of hydrogen-bond donors (Lipinski definition) is 0. The van der Waals surface area contributed by atoms with Crippen LogP contribution in [0.2, 0.25) is 0 Å². The van der Waals surface area contributed by atoms with Crippen LogP contribution in [0.25, 0.3) is 5.14 Å². The Labute approximate surface area is 93.7 Å². The SMILES string of the molecule is [Fe+3].[NH-]Sc1ccc[cH-]1.c1cc[cH-]c1. The van der Waals surface area contributed by atoms with E-state index in [0.717, 1.165) is 16.8 Å². The molecule has 0 saturated heterocycles. The molecule has 0 aromatic heterocycles. The van der Waals surface area contributed by atoms with Crippen LogP contribution >= 0.6 is 11.9 Å². The van der Waals surface area contributed by atoms with Gasteiger partial charge in [0, 0.05) is 0 Å². The van der Waals surface area contributed by atoms with Crippen molar-refractivity contribution in [2.24, 2.45) is 0 Å². The van der Waals surface area contributed by atoms with Crippen molar-refractivity contribution in [1.82, 2.24) is 0 Å². The molecule has 0 unspecified atom stereocenters. The van der Waals surface area contributed by atoms with Gasteiger partial charge in [-0.15, -0.1) is 4.90 Å². The fourth-order valence-electron chi connectivity index (χ4n) is 0.745. The molecule has 0 bridgehead atoms. The van der Waals surface area contributed by atoms with E-state index >= 15 is 0 Å². The Bertz CT molecular complexity index is 246. The molecule has 0 saturated carbocycles. The van der Waals surface area contributed by atoms with Gasteiger partial charge in [0.25, 0.3) is 0 Å². The van der Waals surface area contributed by atoms with Gasteiger partial charge in [0.05, 0.1) is 0 Å². The van der Waals surface area contributed by atoms with E-state index in [0.29, 0.717) is 0 Å². The summed E-state index contributed by atoms with van der Waals surface area (Å²) in [4.78, 5) is 1.01. The summed E-state index contributed by atoms with van der Waals surface area (Å²) < 4.78 is 0. The van der Waals surface area contributed by atoms with E-state index < -0.39 is 0 Å². The van der Waals surface area contributed by atoms with Crippen LogP contribution < -0.4 is 0 Å². The van der Waals surface area contributed by atoms with Crippen LogP contribution in [0.4, 0.5) is 0 Å². The Kier molecular flexibility index (Phi) is 7.85. The molecule has 0 spiro atoms. The minimum atomic E-state index is 0. The van der Waals surface area contributed by atoms with Crippen molar-refractivity contribution in [1.29, 1.82) is 0 Å². The van der Waals surface area contributed by atoms with Crippen molar-refractivity contribution < 1.29 is 17.1 Å². The topological polar surface area (TPSA) is 23.8 Å². The van der Waals surface area contributed by atoms with Gasteiger partial charge in [-0.25, -0.2) is 24.3 Å². The van der Waals surface area contributed by atoms with Gasteiger partial charge in [-0.2, -0.15) is 30.3 Å². The molecule has 0 atom stereocenters. The Morgan fingerprint density at radius 2 is 1.77 bits per heavy atom. The smallest absolute Gasteiger partial charge is 0.619 e. The molecule has 2 rings (SSSR count). The molecule has 13 heavy (non-hydrogen) atoms. The molecule has 0 heterocycles. The summed E-state index contributed by atoms with van der Waals surface area (Å²) >= 11 is 1.03. The third-order valence-corrected chi connectivity index (χ3v) is 1.81. The van der Waals surface area contributed by atoms with Gasteiger partial charge in [0.2, 0.25) is 0 Å². The summed E-state index contributed by atoms with van der Waals surface area (Å²) in [6.07, 6.45) is 0. The first-order valence-electron chi connectivity index (χ1n) is 3.65. The Morgan fingerprint density at radius 3 is 2.00 bits per heavy atom. The van der Waals surface area contributed by atoms with Gasteiger partial charge >= 0.3 is 17.1 Å². The molecule has 69 valence electrons. The summed E-state index contributed by atoms with van der Waals surface area (Å²) in [5, 5.41) is 6.78. The zero-order valence-electron chi connectivity index (χ0n) is 6.96. The van der Waals surface area contributed by atoms with E-state index in [1.807, 2.05) is 54.6 Å². The largest absolute Gasteiger partial charge is 3.00 e. The quantitative estimate of drug-likeness (QED) is 0.416. The Morgan fingerprint density at radius 1 is 1.08 bits per heavy atom. The number of nitrogens with one attached hydrogen (secondary N) is 1. The van der Waals surface area contributed by atoms with Gasteiger partial charge < -0.3 is 5.14 Å². The van der Waals surface area contributed by atoms with E-state index in [2.05, 4.69) is 0 Å². The minimum absolute atomic E-state index is 0. The molecule has 1 N–H and O–H groups in total. The maximum absolute atomic E-state index is 6.78. The first kappa shape index (κ1) is 12.5. The van der Waals surface area contributed by atoms with Gasteiger partial charge in [-0.05, 0) is 0 Å². The van der Waals surface area contributed by atoms with Crippen molar-refractivity contribution in [2.45, 2.75) is 4.90 Å². The van der Waals surface area contributed by atoms with Gasteiger partial charge in [-0.1, -0.05) is 0 Å². The van der Waals surface area contributed by atoms with Crippen LogP contribution in [-0.2, 0) is 17.1 Å². The van der Waals surface area contributed by atoms with E-state index in [4.69, 9.17) is 5.14 Å². The summed E-state index contributed by atoms with van der Waals surface area (Å²) in [5.74, 6) is 0. The Hall–Kier alpha value is -0.471. The molecular formula is C10H10FeNS. The zero-order chi connectivity index (χ0) is 8.65. The average molecular weight is 232 g/mol. The van der Waals surface area contributed by atoms with E-state index in [1.54, 1.807) is 0 Å². The van der Waals surface area contributed by atoms with E-state index in [-0.39, 0.29) is 17.1 Å². The number of rotatable bonds is 1. The summed E-state index contributed by atoms with van der Waals surface area (Å²) in [7, 11) is 0. The first-order valence-corrected chi connectivity index (χ1v) is 4.47. The van der Waals surface area contributed by atoms with Crippen molar-refractivity contribution >= 4 is 11.9 Å². The molecule has 0 aliphatic carbocycles. The maximum atomic E-state index is 6.78. The molecule has 0 fully saturated rings. The molecular weight excluding hydrogens is 222 g/mol. The van der Waals surface area contributed by atoms with Crippen LogP contribution in [-0.4, -0.2) is 0 Å². The fraction of sp³-hybridized carbons (Fsp3) is 0. The molecule has 2 aromatic carbocycles. The third-order valence-electron chi connectivity index (χ3n) is 1.31. The summed E-state index contributed by atoms with van der Waals surface area (Å²) in [6, 6.07) is 17.7. The molecule has 0 aliphatic rings. The molecule has 0 amide bonds. The third kappa shape index (κ3) is 5.72. The summed E-state index contributed by atoms with van der Waals surface area (Å²) in [5.41, 5.74) is 0. The fourth-order valence-corrected chi connectivity index (χ4v) is 1.04. The molecule has 2 aromatic rings. The van der Waals surface area contributed by atoms with Crippen LogP contribution in [0.3, 0.4) is 0 Å². The summed E-state index contributed by atoms with van der Waals surface area (Å²) in [6.45, 7) is 0. The molecule has 3 heteroatoms. The minimum Gasteiger partial charge on any atom is -0.619 e. The predicted molar refractivity (Wildman–Crippen MR) is 54.2 cm³/mol. The molecule has 0 aliphatic heterocycles. The van der Waals surface area contributed by atoms with Crippen LogP contribution in [0.1, 0.15) is 0 Å². The van der Waals surface area contributed by atoms with Gasteiger partial charge in [0.1, 0.15) is 0 Å². The average Bonchev–Trinajstić information content (AvgIpc) is 2.81. The number of hydrogen-bond acceptors (Lipinski definition) is 1. The second kappa shape index (κ2) is 8.14. The Balaban J connectivity index is 0.000000215. The second-order valence-electron chi connectivity index (χ2n) is 2.18. The molecule has 1 nitrogen and oxygen atoms in total. The maximum Gasteiger partial charge on any atom is 3.00 e. The predicted octanol–water partition coefficient (Wildman–Crippen LogP) is 3.87. The van der Waals surface area contributed by atoms with Gasteiger partial charge in [-0.3, -0.25) is 11.9 Å². The monoisotopic (exact) mass is 232 g/mol. The van der Waals surface area contributed by atoms with Crippen LogP contribution in [0, 0.1) is 0 Å². The van der Waals surface area contributed by atoms with E-state index in [9.17, 15) is 0 Å². The first-order chi connectivity index (χ1) is 5.93. The van der Waals surface area contributed by atoms with Gasteiger partial charge in [0.15, 0.2) is 0 Å². The zero-order valence-corrected chi connectivity index (χ0v) is 8.88. The van der Waals surface area contributed by atoms with Crippen molar-refractivity contribution in [3.05, 3.63) is 59.7 Å². The van der Waals surface area contributed by atoms with Crippen LogP contribution in [0.15, 0.2) is 59.5 Å². The van der Waals surface area contributed by atoms with E-state index in [1.165, 1.54) is 0 Å². The standard InChI is InChI=1S/C5H5NS.C5H5.Fe/c6-7-5-3-1-2-4-5;1-2-4-5-3-1;/h1-4,6H;1-5H;/q-2;-1;+3. The van der Waals surface area contributed by atoms with Crippen molar-refractivity contribution in [3.63, 3.8) is 0 Å². The van der Waals surface area contributed by atoms with Crippen LogP contribution in [0.5, 0.6) is 0 Å².